The number of nitrogens with zero attached hydrogens (tertiary/aromatic N) is 1. The molecule has 2 aromatic carbocycles. The molecule has 1 heterocycles. The maximum Gasteiger partial charge on any atom is 0.317 e. The van der Waals surface area contributed by atoms with Crippen LogP contribution in [0.2, 0.25) is 0 Å². The Morgan fingerprint density at radius 3 is 2.21 bits per heavy atom. The third kappa shape index (κ3) is 5.59. The van der Waals surface area contributed by atoms with Crippen LogP contribution in [0, 0.1) is 0 Å². The van der Waals surface area contributed by atoms with Crippen molar-refractivity contribution in [1.82, 2.24) is 15.5 Å². The average molecular weight is 380 g/mol. The minimum absolute atomic E-state index is 0.0409. The second-order valence-corrected chi connectivity index (χ2v) is 7.38. The van der Waals surface area contributed by atoms with Gasteiger partial charge in [0.05, 0.1) is 0 Å². The van der Waals surface area contributed by atoms with Crippen LogP contribution in [0.15, 0.2) is 60.7 Å². The van der Waals surface area contributed by atoms with Crippen LogP contribution in [-0.2, 0) is 4.79 Å². The predicted molar refractivity (Wildman–Crippen MR) is 111 cm³/mol. The summed E-state index contributed by atoms with van der Waals surface area (Å²) in [6.07, 6.45) is 2.67. The van der Waals surface area contributed by atoms with Gasteiger partial charge in [-0.1, -0.05) is 60.7 Å². The van der Waals surface area contributed by atoms with Crippen molar-refractivity contribution in [2.45, 2.75) is 38.1 Å². The highest BCUT2D eigenvalue weighted by molar-refractivity contribution is 5.75. The molecule has 1 saturated heterocycles. The van der Waals surface area contributed by atoms with Gasteiger partial charge in [-0.25, -0.2) is 4.79 Å². The molecule has 1 aliphatic heterocycles. The molecule has 2 aromatic rings. The number of urea groups is 1. The zero-order chi connectivity index (χ0) is 19.8. The van der Waals surface area contributed by atoms with E-state index in [9.17, 15) is 9.59 Å². The number of rotatable bonds is 6. The average Bonchev–Trinajstić information content (AvgIpc) is 2.72. The molecule has 0 bridgehead atoms. The molecule has 5 nitrogen and oxygen atoms in total. The van der Waals surface area contributed by atoms with Crippen molar-refractivity contribution in [3.05, 3.63) is 71.8 Å². The molecular formula is C23H29N3O2. The summed E-state index contributed by atoms with van der Waals surface area (Å²) in [5.74, 6) is 0.206. The quantitative estimate of drug-likeness (QED) is 0.807. The molecule has 1 atom stereocenters. The standard InChI is InChI=1S/C23H29N3O2/c1-18(27)25-21-13-8-16-26(17-21)23(28)24-15-14-22(19-9-4-2-5-10-19)20-11-6-3-7-12-20/h2-7,9-12,21-22H,8,13-17H2,1H3,(H,24,28)(H,25,27)/t21-/m0/s1. The minimum Gasteiger partial charge on any atom is -0.352 e. The molecule has 5 heteroatoms. The minimum atomic E-state index is -0.0464. The van der Waals surface area contributed by atoms with Crippen LogP contribution >= 0.6 is 0 Å². The molecule has 0 aromatic heterocycles. The number of likely N-dealkylation sites (tertiary alicyclic amines) is 1. The highest BCUT2D eigenvalue weighted by Gasteiger charge is 2.24. The molecule has 0 aliphatic carbocycles. The highest BCUT2D eigenvalue weighted by atomic mass is 16.2. The Morgan fingerprint density at radius 1 is 1.04 bits per heavy atom. The van der Waals surface area contributed by atoms with Crippen LogP contribution < -0.4 is 10.6 Å². The van der Waals surface area contributed by atoms with E-state index in [2.05, 4.69) is 59.2 Å². The SMILES string of the molecule is CC(=O)N[C@H]1CCCN(C(=O)NCCC(c2ccccc2)c2ccccc2)C1. The second-order valence-electron chi connectivity index (χ2n) is 7.38. The van der Waals surface area contributed by atoms with E-state index in [4.69, 9.17) is 0 Å². The number of nitrogens with one attached hydrogen (secondary N) is 2. The smallest absolute Gasteiger partial charge is 0.317 e. The lowest BCUT2D eigenvalue weighted by molar-refractivity contribution is -0.119. The van der Waals surface area contributed by atoms with Crippen molar-refractivity contribution in [3.8, 4) is 0 Å². The topological polar surface area (TPSA) is 61.4 Å². The van der Waals surface area contributed by atoms with Gasteiger partial charge in [0.2, 0.25) is 5.91 Å². The fourth-order valence-electron chi connectivity index (χ4n) is 3.90. The maximum atomic E-state index is 12.6. The fraction of sp³-hybridized carbons (Fsp3) is 0.391. The summed E-state index contributed by atoms with van der Waals surface area (Å²) in [7, 11) is 0. The Labute approximate surface area is 167 Å². The molecule has 0 unspecified atom stereocenters. The van der Waals surface area contributed by atoms with Crippen molar-refractivity contribution in [1.29, 1.82) is 0 Å². The molecule has 0 radical (unpaired) electrons. The van der Waals surface area contributed by atoms with Crippen molar-refractivity contribution in [3.63, 3.8) is 0 Å². The summed E-state index contributed by atoms with van der Waals surface area (Å²) in [5.41, 5.74) is 2.51. The normalized spacial score (nSPS) is 16.6. The molecule has 28 heavy (non-hydrogen) atoms. The van der Waals surface area contributed by atoms with Crippen LogP contribution in [-0.4, -0.2) is 42.5 Å². The monoisotopic (exact) mass is 379 g/mol. The first-order chi connectivity index (χ1) is 13.6. The Bertz CT molecular complexity index is 724. The van der Waals surface area contributed by atoms with Crippen molar-refractivity contribution in [2.24, 2.45) is 0 Å². The Kier molecular flexibility index (Phi) is 7.06. The predicted octanol–water partition coefficient (Wildman–Crippen LogP) is 3.52. The molecule has 2 N–H and O–H groups in total. The zero-order valence-corrected chi connectivity index (χ0v) is 16.4. The fourth-order valence-corrected chi connectivity index (χ4v) is 3.90. The number of carbonyl (C=O) groups is 2. The van der Waals surface area contributed by atoms with Crippen LogP contribution in [0.3, 0.4) is 0 Å². The highest BCUT2D eigenvalue weighted by Crippen LogP contribution is 2.27. The van der Waals surface area contributed by atoms with Gasteiger partial charge in [-0.3, -0.25) is 4.79 Å². The first kappa shape index (κ1) is 19.9. The van der Waals surface area contributed by atoms with E-state index < -0.39 is 0 Å². The van der Waals surface area contributed by atoms with Gasteiger partial charge in [0.25, 0.3) is 0 Å². The number of piperidine rings is 1. The number of amides is 3. The molecule has 0 spiro atoms. The summed E-state index contributed by atoms with van der Waals surface area (Å²) in [6.45, 7) is 3.44. The summed E-state index contributed by atoms with van der Waals surface area (Å²) >= 11 is 0. The van der Waals surface area contributed by atoms with Crippen LogP contribution in [0.4, 0.5) is 4.79 Å². The van der Waals surface area contributed by atoms with E-state index >= 15 is 0 Å². The third-order valence-electron chi connectivity index (χ3n) is 5.23. The van der Waals surface area contributed by atoms with Gasteiger partial charge < -0.3 is 15.5 Å². The van der Waals surface area contributed by atoms with E-state index in [1.807, 2.05) is 17.0 Å². The maximum absolute atomic E-state index is 12.6. The molecule has 1 fully saturated rings. The van der Waals surface area contributed by atoms with E-state index in [0.717, 1.165) is 25.8 Å². The number of carbonyl (C=O) groups excluding carboxylic acids is 2. The van der Waals surface area contributed by atoms with Gasteiger partial charge in [-0.15, -0.1) is 0 Å². The van der Waals surface area contributed by atoms with Gasteiger partial charge in [0.15, 0.2) is 0 Å². The summed E-state index contributed by atoms with van der Waals surface area (Å²) in [4.78, 5) is 25.7. The van der Waals surface area contributed by atoms with Crippen LogP contribution in [0.1, 0.15) is 43.2 Å². The van der Waals surface area contributed by atoms with E-state index in [-0.39, 0.29) is 23.9 Å². The number of hydrogen-bond donors (Lipinski definition) is 2. The Morgan fingerprint density at radius 2 is 1.64 bits per heavy atom. The van der Waals surface area contributed by atoms with Crippen molar-refractivity contribution < 1.29 is 9.59 Å². The van der Waals surface area contributed by atoms with E-state index in [1.54, 1.807) is 0 Å². The second kappa shape index (κ2) is 9.93. The summed E-state index contributed by atoms with van der Waals surface area (Å²) in [6, 6.07) is 20.8. The number of hydrogen-bond acceptors (Lipinski definition) is 2. The molecular weight excluding hydrogens is 350 g/mol. The van der Waals surface area contributed by atoms with Crippen molar-refractivity contribution >= 4 is 11.9 Å². The van der Waals surface area contributed by atoms with Gasteiger partial charge in [0.1, 0.15) is 0 Å². The van der Waals surface area contributed by atoms with Crippen LogP contribution in [0.5, 0.6) is 0 Å². The van der Waals surface area contributed by atoms with E-state index in [0.29, 0.717) is 13.1 Å². The van der Waals surface area contributed by atoms with Crippen LogP contribution in [0.25, 0.3) is 0 Å². The number of benzene rings is 2. The van der Waals surface area contributed by atoms with Gasteiger partial charge in [0, 0.05) is 38.5 Å². The largest absolute Gasteiger partial charge is 0.352 e. The Hall–Kier alpha value is -2.82. The Balaban J connectivity index is 1.57. The summed E-state index contributed by atoms with van der Waals surface area (Å²) < 4.78 is 0. The summed E-state index contributed by atoms with van der Waals surface area (Å²) in [5, 5.41) is 5.99. The molecule has 3 amide bonds. The van der Waals surface area contributed by atoms with Crippen molar-refractivity contribution in [2.75, 3.05) is 19.6 Å². The zero-order valence-electron chi connectivity index (χ0n) is 16.4. The first-order valence-corrected chi connectivity index (χ1v) is 10.0. The lowest BCUT2D eigenvalue weighted by Gasteiger charge is -2.33. The first-order valence-electron chi connectivity index (χ1n) is 10.0. The molecule has 1 aliphatic rings. The van der Waals surface area contributed by atoms with Gasteiger partial charge in [-0.05, 0) is 30.4 Å². The molecule has 148 valence electrons. The van der Waals surface area contributed by atoms with Gasteiger partial charge in [-0.2, -0.15) is 0 Å². The lowest BCUT2D eigenvalue weighted by Crippen LogP contribution is -2.52. The van der Waals surface area contributed by atoms with Gasteiger partial charge >= 0.3 is 6.03 Å². The lowest BCUT2D eigenvalue weighted by atomic mass is 9.88. The van der Waals surface area contributed by atoms with E-state index in [1.165, 1.54) is 18.1 Å². The third-order valence-corrected chi connectivity index (χ3v) is 5.23. The molecule has 3 rings (SSSR count). The molecule has 0 saturated carbocycles.